The van der Waals surface area contributed by atoms with Gasteiger partial charge in [0.25, 0.3) is 0 Å². The highest BCUT2D eigenvalue weighted by Crippen LogP contribution is 2.25. The van der Waals surface area contributed by atoms with E-state index in [0.717, 1.165) is 16.7 Å². The zero-order valence-electron chi connectivity index (χ0n) is 13.0. The largest absolute Gasteiger partial charge is 0.384 e. The number of sulfonamides is 1. The minimum Gasteiger partial charge on any atom is -0.384 e. The highest BCUT2D eigenvalue weighted by molar-refractivity contribution is 7.89. The number of hydrogen-bond acceptors (Lipinski definition) is 7. The summed E-state index contributed by atoms with van der Waals surface area (Å²) >= 11 is 0. The van der Waals surface area contributed by atoms with Crippen LogP contribution in [0.5, 0.6) is 0 Å². The van der Waals surface area contributed by atoms with E-state index in [1.165, 1.54) is 6.07 Å². The van der Waals surface area contributed by atoms with E-state index in [4.69, 9.17) is 10.9 Å². The van der Waals surface area contributed by atoms with Gasteiger partial charge in [0.15, 0.2) is 12.5 Å². The molecule has 0 unspecified atom stereocenters. The molecule has 1 aliphatic heterocycles. The Morgan fingerprint density at radius 3 is 2.67 bits per heavy atom. The number of benzene rings is 1. The van der Waals surface area contributed by atoms with Gasteiger partial charge in [-0.3, -0.25) is 0 Å². The Hall–Kier alpha value is -2.65. The second kappa shape index (κ2) is 6.10. The van der Waals surface area contributed by atoms with Crippen molar-refractivity contribution < 1.29 is 8.42 Å². The van der Waals surface area contributed by atoms with Crippen molar-refractivity contribution >= 4 is 21.7 Å². The van der Waals surface area contributed by atoms with Crippen LogP contribution in [0.2, 0.25) is 0 Å². The fourth-order valence-electron chi connectivity index (χ4n) is 2.57. The Morgan fingerprint density at radius 2 is 2.04 bits per heavy atom. The van der Waals surface area contributed by atoms with Gasteiger partial charge in [0.05, 0.1) is 4.90 Å². The number of hydrogen-bond donors (Lipinski definition) is 2. The molecule has 0 saturated heterocycles. The standard InChI is InChI=1S/C15H16N6O2S/c1-9-5-13(16)18-7-11(9)6-10-3-2-4-12(24(17,22)23)14(10)15-19-8-20-21-15/h2-5,7H,6,8H2,1H3,(H2,16,18)(H2,17,22,23). The molecule has 9 heteroatoms. The molecule has 0 atom stereocenters. The van der Waals surface area contributed by atoms with Gasteiger partial charge in [-0.2, -0.15) is 5.11 Å². The van der Waals surface area contributed by atoms with Crippen LogP contribution in [0.4, 0.5) is 5.82 Å². The van der Waals surface area contributed by atoms with E-state index in [0.29, 0.717) is 17.8 Å². The monoisotopic (exact) mass is 344 g/mol. The number of primary sulfonamides is 1. The molecule has 0 radical (unpaired) electrons. The lowest BCUT2D eigenvalue weighted by Gasteiger charge is -2.13. The summed E-state index contributed by atoms with van der Waals surface area (Å²) in [5.74, 6) is 0.708. The molecule has 2 aromatic rings. The minimum atomic E-state index is -3.92. The van der Waals surface area contributed by atoms with Gasteiger partial charge in [-0.05, 0) is 42.2 Å². The van der Waals surface area contributed by atoms with E-state index >= 15 is 0 Å². The van der Waals surface area contributed by atoms with Crippen LogP contribution < -0.4 is 10.9 Å². The van der Waals surface area contributed by atoms with Gasteiger partial charge in [0.1, 0.15) is 5.82 Å². The number of aryl methyl sites for hydroxylation is 1. The van der Waals surface area contributed by atoms with Crippen molar-refractivity contribution in [2.24, 2.45) is 20.4 Å². The van der Waals surface area contributed by atoms with Gasteiger partial charge in [0, 0.05) is 11.8 Å². The molecule has 24 heavy (non-hydrogen) atoms. The summed E-state index contributed by atoms with van der Waals surface area (Å²) in [5.41, 5.74) is 8.68. The first-order valence-electron chi connectivity index (χ1n) is 7.14. The number of aliphatic imine (C=N–C) groups is 1. The second-order valence-electron chi connectivity index (χ2n) is 5.41. The van der Waals surface area contributed by atoms with Crippen molar-refractivity contribution in [2.45, 2.75) is 18.2 Å². The Balaban J connectivity index is 2.15. The minimum absolute atomic E-state index is 0.0133. The lowest BCUT2D eigenvalue weighted by Crippen LogP contribution is -2.18. The molecule has 0 aliphatic carbocycles. The van der Waals surface area contributed by atoms with Crippen molar-refractivity contribution in [3.05, 3.63) is 52.7 Å². The molecule has 4 N–H and O–H groups in total. The third-order valence-electron chi connectivity index (χ3n) is 3.71. The van der Waals surface area contributed by atoms with E-state index in [-0.39, 0.29) is 17.4 Å². The molecule has 0 saturated carbocycles. The number of amidine groups is 1. The molecule has 8 nitrogen and oxygen atoms in total. The van der Waals surface area contributed by atoms with Gasteiger partial charge >= 0.3 is 0 Å². The summed E-state index contributed by atoms with van der Waals surface area (Å²) in [6.07, 6.45) is 2.13. The molecule has 0 amide bonds. The van der Waals surface area contributed by atoms with Gasteiger partial charge in [0.2, 0.25) is 10.0 Å². The van der Waals surface area contributed by atoms with Crippen LogP contribution in [0, 0.1) is 6.92 Å². The maximum absolute atomic E-state index is 11.9. The zero-order chi connectivity index (χ0) is 17.3. The number of nitrogens with two attached hydrogens (primary N) is 2. The summed E-state index contributed by atoms with van der Waals surface area (Å²) in [7, 11) is -3.92. The predicted molar refractivity (Wildman–Crippen MR) is 90.3 cm³/mol. The van der Waals surface area contributed by atoms with Crippen LogP contribution in [0.15, 0.2) is 50.6 Å². The number of nitrogens with zero attached hydrogens (tertiary/aromatic N) is 4. The summed E-state index contributed by atoms with van der Waals surface area (Å²) in [4.78, 5) is 8.23. The summed E-state index contributed by atoms with van der Waals surface area (Å²) in [6, 6.07) is 6.67. The maximum Gasteiger partial charge on any atom is 0.238 e. The predicted octanol–water partition coefficient (Wildman–Crippen LogP) is 1.38. The molecule has 0 fully saturated rings. The number of nitrogen functional groups attached to an aromatic ring is 1. The quantitative estimate of drug-likeness (QED) is 0.865. The van der Waals surface area contributed by atoms with Crippen LogP contribution in [-0.4, -0.2) is 25.9 Å². The molecular formula is C15H16N6O2S. The third-order valence-corrected chi connectivity index (χ3v) is 4.67. The Labute approximate surface area is 139 Å². The first-order valence-corrected chi connectivity index (χ1v) is 8.69. The van der Waals surface area contributed by atoms with Crippen molar-refractivity contribution in [3.8, 4) is 0 Å². The zero-order valence-corrected chi connectivity index (χ0v) is 13.8. The van der Waals surface area contributed by atoms with Gasteiger partial charge < -0.3 is 5.73 Å². The van der Waals surface area contributed by atoms with Crippen molar-refractivity contribution in [3.63, 3.8) is 0 Å². The number of pyridine rings is 1. The molecule has 2 heterocycles. The second-order valence-corrected chi connectivity index (χ2v) is 6.94. The number of anilines is 1. The van der Waals surface area contributed by atoms with Crippen molar-refractivity contribution in [2.75, 3.05) is 12.4 Å². The Bertz CT molecular complexity index is 966. The topological polar surface area (TPSA) is 136 Å². The van der Waals surface area contributed by atoms with Crippen molar-refractivity contribution in [1.29, 1.82) is 0 Å². The van der Waals surface area contributed by atoms with Crippen LogP contribution in [-0.2, 0) is 16.4 Å². The Morgan fingerprint density at radius 1 is 1.25 bits per heavy atom. The van der Waals surface area contributed by atoms with Gasteiger partial charge in [-0.15, -0.1) is 5.11 Å². The van der Waals surface area contributed by atoms with Crippen LogP contribution in [0.3, 0.4) is 0 Å². The molecule has 0 spiro atoms. The van der Waals surface area contributed by atoms with E-state index in [2.05, 4.69) is 20.2 Å². The lowest BCUT2D eigenvalue weighted by molar-refractivity contribution is 0.597. The Kier molecular flexibility index (Phi) is 4.12. The molecule has 1 aliphatic rings. The number of aromatic nitrogens is 1. The lowest BCUT2D eigenvalue weighted by atomic mass is 9.97. The van der Waals surface area contributed by atoms with Crippen LogP contribution in [0.1, 0.15) is 22.3 Å². The van der Waals surface area contributed by atoms with E-state index in [1.54, 1.807) is 18.3 Å². The molecule has 1 aromatic heterocycles. The molecule has 0 bridgehead atoms. The van der Waals surface area contributed by atoms with E-state index in [1.807, 2.05) is 13.0 Å². The normalized spacial score (nSPS) is 14.0. The fraction of sp³-hybridized carbons (Fsp3) is 0.200. The summed E-state index contributed by atoms with van der Waals surface area (Å²) in [5, 5.41) is 13.1. The molecule has 3 rings (SSSR count). The van der Waals surface area contributed by atoms with E-state index in [9.17, 15) is 8.42 Å². The van der Waals surface area contributed by atoms with Crippen molar-refractivity contribution in [1.82, 2.24) is 4.98 Å². The SMILES string of the molecule is Cc1cc(N)ncc1Cc1cccc(S(N)(=O)=O)c1C1=NCN=N1. The highest BCUT2D eigenvalue weighted by Gasteiger charge is 2.23. The van der Waals surface area contributed by atoms with Crippen LogP contribution in [0.25, 0.3) is 0 Å². The number of azo groups is 1. The van der Waals surface area contributed by atoms with Crippen LogP contribution >= 0.6 is 0 Å². The molecule has 124 valence electrons. The average molecular weight is 344 g/mol. The first-order chi connectivity index (χ1) is 11.4. The summed E-state index contributed by atoms with van der Waals surface area (Å²) in [6.45, 7) is 2.10. The summed E-state index contributed by atoms with van der Waals surface area (Å²) < 4.78 is 23.9. The number of rotatable bonds is 4. The van der Waals surface area contributed by atoms with Gasteiger partial charge in [-0.1, -0.05) is 12.1 Å². The highest BCUT2D eigenvalue weighted by atomic mass is 32.2. The first kappa shape index (κ1) is 16.2. The third kappa shape index (κ3) is 3.17. The van der Waals surface area contributed by atoms with Gasteiger partial charge in [-0.25, -0.2) is 23.5 Å². The fourth-order valence-corrected chi connectivity index (χ4v) is 3.34. The molecular weight excluding hydrogens is 328 g/mol. The average Bonchev–Trinajstić information content (AvgIpc) is 3.03. The molecule has 1 aromatic carbocycles. The van der Waals surface area contributed by atoms with E-state index < -0.39 is 10.0 Å². The maximum atomic E-state index is 11.9. The smallest absolute Gasteiger partial charge is 0.238 e.